The number of nitrogens with two attached hydrogens (primary N) is 1. The van der Waals surface area contributed by atoms with Crippen LogP contribution in [0.5, 0.6) is 0 Å². The number of ether oxygens (including phenoxy) is 1. The van der Waals surface area contributed by atoms with Crippen molar-refractivity contribution >= 4 is 46.4 Å². The second-order valence-corrected chi connectivity index (χ2v) is 10.2. The van der Waals surface area contributed by atoms with E-state index in [1.165, 1.54) is 18.1 Å². The zero-order valence-electron chi connectivity index (χ0n) is 17.5. The molecule has 1 aromatic carbocycles. The van der Waals surface area contributed by atoms with Gasteiger partial charge in [0, 0.05) is 29.4 Å². The summed E-state index contributed by atoms with van der Waals surface area (Å²) >= 11 is 13.9. The molecule has 32 heavy (non-hydrogen) atoms. The van der Waals surface area contributed by atoms with Gasteiger partial charge in [0.25, 0.3) is 0 Å². The number of nitriles is 1. The van der Waals surface area contributed by atoms with Gasteiger partial charge in [0.15, 0.2) is 5.65 Å². The number of rotatable bonds is 3. The van der Waals surface area contributed by atoms with E-state index in [9.17, 15) is 5.26 Å². The highest BCUT2D eigenvalue weighted by molar-refractivity contribution is 7.99. The lowest BCUT2D eigenvalue weighted by atomic mass is 9.73. The van der Waals surface area contributed by atoms with Crippen LogP contribution in [0.1, 0.15) is 25.3 Å². The second kappa shape index (κ2) is 8.40. The lowest BCUT2D eigenvalue weighted by Gasteiger charge is -2.42. The Morgan fingerprint density at radius 2 is 2.09 bits per heavy atom. The Kier molecular flexibility index (Phi) is 5.72. The minimum absolute atomic E-state index is 0.0224. The number of nitrogens with zero attached hydrogens (tertiary/aromatic N) is 5. The number of anilines is 1. The van der Waals surface area contributed by atoms with Crippen molar-refractivity contribution in [3.05, 3.63) is 46.2 Å². The van der Waals surface area contributed by atoms with Crippen LogP contribution in [0.2, 0.25) is 10.0 Å². The highest BCUT2D eigenvalue weighted by atomic mass is 35.5. The highest BCUT2D eigenvalue weighted by Crippen LogP contribution is 2.44. The van der Waals surface area contributed by atoms with Gasteiger partial charge in [-0.2, -0.15) is 14.9 Å². The molecule has 7 nitrogen and oxygen atoms in total. The van der Waals surface area contributed by atoms with Gasteiger partial charge < -0.3 is 15.4 Å². The molecule has 0 saturated carbocycles. The Balaban J connectivity index is 1.49. The number of hydrogen-bond donors (Lipinski definition) is 1. The summed E-state index contributed by atoms with van der Waals surface area (Å²) in [4.78, 5) is 8.18. The average molecular weight is 489 g/mol. The summed E-state index contributed by atoms with van der Waals surface area (Å²) in [6, 6.07) is 9.70. The molecule has 0 bridgehead atoms. The Bertz CT molecular complexity index is 1220. The maximum Gasteiger partial charge on any atom is 0.172 e. The van der Waals surface area contributed by atoms with E-state index in [2.05, 4.69) is 21.1 Å². The van der Waals surface area contributed by atoms with Crippen molar-refractivity contribution in [1.29, 1.82) is 5.26 Å². The van der Waals surface area contributed by atoms with Gasteiger partial charge in [-0.3, -0.25) is 0 Å². The van der Waals surface area contributed by atoms with Gasteiger partial charge in [0.05, 0.1) is 33.2 Å². The molecule has 0 amide bonds. The number of aromatic nitrogens is 3. The van der Waals surface area contributed by atoms with E-state index < -0.39 is 0 Å². The minimum atomic E-state index is 0.0224. The molecule has 3 aromatic rings. The van der Waals surface area contributed by atoms with E-state index in [1.807, 2.05) is 25.1 Å². The third kappa shape index (κ3) is 3.53. The SMILES string of the molecule is CC1OCC2(CCN(c3cc(C#N)c(Sc4cccc(Cl)c4Cl)c4ncnn34)CC2)C1N. The smallest absolute Gasteiger partial charge is 0.172 e. The maximum absolute atomic E-state index is 9.94. The first kappa shape index (κ1) is 21.8. The second-order valence-electron chi connectivity index (χ2n) is 8.40. The lowest BCUT2D eigenvalue weighted by Crippen LogP contribution is -2.51. The molecule has 5 rings (SSSR count). The summed E-state index contributed by atoms with van der Waals surface area (Å²) in [6.07, 6.45) is 3.47. The summed E-state index contributed by atoms with van der Waals surface area (Å²) in [7, 11) is 0. The molecular weight excluding hydrogens is 467 g/mol. The van der Waals surface area contributed by atoms with Gasteiger partial charge in [-0.15, -0.1) is 0 Å². The molecule has 10 heteroatoms. The number of hydrogen-bond acceptors (Lipinski definition) is 7. The standard InChI is InChI=1S/C22H22Cl2N6OS/c1-13-20(26)22(11-31-13)5-7-29(8-6-22)17-9-14(10-25)19(21-27-12-28-30(17)21)32-16-4-2-3-15(23)18(16)24/h2-4,9,12-13,20H,5-8,11,26H2,1H3. The third-order valence-corrected chi connectivity index (χ3v) is 8.76. The topological polar surface area (TPSA) is 92.5 Å². The third-order valence-electron chi connectivity index (χ3n) is 6.66. The molecule has 2 saturated heterocycles. The first-order chi connectivity index (χ1) is 15.4. The van der Waals surface area contributed by atoms with Gasteiger partial charge in [0.1, 0.15) is 18.2 Å². The fourth-order valence-electron chi connectivity index (χ4n) is 4.68. The fourth-order valence-corrected chi connectivity index (χ4v) is 6.16. The van der Waals surface area contributed by atoms with E-state index in [-0.39, 0.29) is 17.6 Å². The molecule has 2 aliphatic heterocycles. The van der Waals surface area contributed by atoms with Gasteiger partial charge in [-0.25, -0.2) is 4.98 Å². The number of pyridine rings is 1. The van der Waals surface area contributed by atoms with Crippen LogP contribution in [-0.4, -0.2) is 46.4 Å². The van der Waals surface area contributed by atoms with E-state index in [1.54, 1.807) is 10.6 Å². The van der Waals surface area contributed by atoms with Crippen LogP contribution in [-0.2, 0) is 4.74 Å². The zero-order valence-corrected chi connectivity index (χ0v) is 19.8. The van der Waals surface area contributed by atoms with Crippen molar-refractivity contribution in [3.8, 4) is 6.07 Å². The Morgan fingerprint density at radius 1 is 1.31 bits per heavy atom. The van der Waals surface area contributed by atoms with E-state index in [0.717, 1.165) is 36.6 Å². The van der Waals surface area contributed by atoms with Crippen molar-refractivity contribution in [2.45, 2.75) is 41.7 Å². The lowest BCUT2D eigenvalue weighted by molar-refractivity contribution is 0.0974. The van der Waals surface area contributed by atoms with Gasteiger partial charge in [0.2, 0.25) is 0 Å². The van der Waals surface area contributed by atoms with Gasteiger partial charge in [-0.05, 0) is 38.0 Å². The van der Waals surface area contributed by atoms with Crippen molar-refractivity contribution in [3.63, 3.8) is 0 Å². The van der Waals surface area contributed by atoms with Crippen LogP contribution in [0.4, 0.5) is 5.82 Å². The van der Waals surface area contributed by atoms with Crippen LogP contribution < -0.4 is 10.6 Å². The minimum Gasteiger partial charge on any atom is -0.376 e. The van der Waals surface area contributed by atoms with Crippen LogP contribution in [0.15, 0.2) is 40.4 Å². The molecule has 4 heterocycles. The molecule has 2 atom stereocenters. The van der Waals surface area contributed by atoms with Gasteiger partial charge in [-0.1, -0.05) is 41.0 Å². The van der Waals surface area contributed by atoms with Crippen molar-refractivity contribution < 1.29 is 4.74 Å². The predicted octanol–water partition coefficient (Wildman–Crippen LogP) is 4.39. The average Bonchev–Trinajstić information content (AvgIpc) is 3.39. The zero-order chi connectivity index (χ0) is 22.5. The van der Waals surface area contributed by atoms with Gasteiger partial charge >= 0.3 is 0 Å². The molecule has 1 spiro atoms. The fraction of sp³-hybridized carbons (Fsp3) is 0.409. The number of benzene rings is 1. The van der Waals surface area contributed by atoms with E-state index >= 15 is 0 Å². The molecule has 2 fully saturated rings. The van der Waals surface area contributed by atoms with Crippen LogP contribution in [0.3, 0.4) is 0 Å². The van der Waals surface area contributed by atoms with E-state index in [0.29, 0.717) is 32.8 Å². The predicted molar refractivity (Wildman–Crippen MR) is 126 cm³/mol. The van der Waals surface area contributed by atoms with E-state index in [4.69, 9.17) is 33.7 Å². The first-order valence-electron chi connectivity index (χ1n) is 10.4. The van der Waals surface area contributed by atoms with Crippen LogP contribution >= 0.6 is 35.0 Å². The first-order valence-corrected chi connectivity index (χ1v) is 12.0. The molecule has 0 radical (unpaired) electrons. The number of piperidine rings is 1. The van der Waals surface area contributed by atoms with Crippen LogP contribution in [0, 0.1) is 16.7 Å². The molecule has 2 aliphatic rings. The van der Waals surface area contributed by atoms with Crippen molar-refractivity contribution in [2.75, 3.05) is 24.6 Å². The van der Waals surface area contributed by atoms with Crippen molar-refractivity contribution in [2.24, 2.45) is 11.1 Å². The summed E-state index contributed by atoms with van der Waals surface area (Å²) in [6.45, 7) is 4.39. The number of halogens is 2. The molecule has 2 unspecified atom stereocenters. The summed E-state index contributed by atoms with van der Waals surface area (Å²) in [5.41, 5.74) is 7.64. The molecule has 166 valence electrons. The molecule has 2 aromatic heterocycles. The monoisotopic (exact) mass is 488 g/mol. The quantitative estimate of drug-likeness (QED) is 0.583. The Morgan fingerprint density at radius 3 is 2.78 bits per heavy atom. The largest absolute Gasteiger partial charge is 0.376 e. The number of fused-ring (bicyclic) bond motifs is 1. The highest BCUT2D eigenvalue weighted by Gasteiger charge is 2.47. The molecule has 2 N–H and O–H groups in total. The van der Waals surface area contributed by atoms with Crippen LogP contribution in [0.25, 0.3) is 5.65 Å². The summed E-state index contributed by atoms with van der Waals surface area (Å²) in [5.74, 6) is 0.853. The summed E-state index contributed by atoms with van der Waals surface area (Å²) < 4.78 is 7.65. The maximum atomic E-state index is 9.94. The Hall–Kier alpha value is -2.02. The Labute approximate surface area is 200 Å². The normalized spacial score (nSPS) is 22.5. The van der Waals surface area contributed by atoms with Crippen molar-refractivity contribution in [1.82, 2.24) is 14.6 Å². The molecule has 0 aliphatic carbocycles. The summed E-state index contributed by atoms with van der Waals surface area (Å²) in [5, 5.41) is 15.3. The molecular formula is C22H22Cl2N6OS.